The van der Waals surface area contributed by atoms with Crippen molar-refractivity contribution < 1.29 is 14.7 Å². The average molecular weight is 278 g/mol. The largest absolute Gasteiger partial charge is 0.480 e. The monoisotopic (exact) mass is 278 g/mol. The predicted octanol–water partition coefficient (Wildman–Crippen LogP) is 2.84. The van der Waals surface area contributed by atoms with E-state index in [0.717, 1.165) is 22.4 Å². The number of aryl methyl sites for hydroxylation is 3. The number of benzene rings is 1. The summed E-state index contributed by atoms with van der Waals surface area (Å²) in [5.74, 6) is -1.22. The molecule has 0 aliphatic heterocycles. The molecule has 0 radical (unpaired) electrons. The average Bonchev–Trinajstić information content (AvgIpc) is 2.29. The van der Waals surface area contributed by atoms with Crippen LogP contribution in [0.25, 0.3) is 0 Å². The Bertz CT molecular complexity index is 501. The van der Waals surface area contributed by atoms with Crippen LogP contribution in [0.2, 0.25) is 0 Å². The molecule has 0 saturated carbocycles. The summed E-state index contributed by atoms with van der Waals surface area (Å²) in [4.78, 5) is 23.0. The summed E-state index contributed by atoms with van der Waals surface area (Å²) in [7, 11) is 0. The predicted molar refractivity (Wildman–Crippen MR) is 79.1 cm³/mol. The van der Waals surface area contributed by atoms with Crippen LogP contribution in [0.1, 0.15) is 30.5 Å². The summed E-state index contributed by atoms with van der Waals surface area (Å²) in [5, 5.41) is 14.3. The number of aliphatic carboxylic acids is 1. The summed E-state index contributed by atoms with van der Waals surface area (Å²) in [6.07, 6.45) is 0. The first kappa shape index (κ1) is 16.0. The molecule has 0 aromatic heterocycles. The van der Waals surface area contributed by atoms with Gasteiger partial charge in [-0.25, -0.2) is 9.59 Å². The van der Waals surface area contributed by atoms with Crippen LogP contribution in [0.5, 0.6) is 0 Å². The van der Waals surface area contributed by atoms with Crippen LogP contribution < -0.4 is 10.6 Å². The van der Waals surface area contributed by atoms with E-state index >= 15 is 0 Å². The zero-order valence-corrected chi connectivity index (χ0v) is 12.6. The van der Waals surface area contributed by atoms with E-state index in [0.29, 0.717) is 0 Å². The second-order valence-corrected chi connectivity index (χ2v) is 5.43. The summed E-state index contributed by atoms with van der Waals surface area (Å²) >= 11 is 0. The molecule has 0 aliphatic carbocycles. The first-order valence-electron chi connectivity index (χ1n) is 6.60. The normalized spacial score (nSPS) is 12.1. The van der Waals surface area contributed by atoms with Crippen molar-refractivity contribution in [2.75, 3.05) is 5.32 Å². The molecule has 3 N–H and O–H groups in total. The Morgan fingerprint density at radius 3 is 2.00 bits per heavy atom. The number of carboxylic acids is 1. The van der Waals surface area contributed by atoms with Crippen LogP contribution in [-0.2, 0) is 4.79 Å². The number of anilines is 1. The molecule has 1 rings (SSSR count). The number of hydrogen-bond donors (Lipinski definition) is 3. The minimum atomic E-state index is -1.03. The first-order valence-corrected chi connectivity index (χ1v) is 6.60. The minimum Gasteiger partial charge on any atom is -0.480 e. The van der Waals surface area contributed by atoms with Crippen molar-refractivity contribution in [2.45, 2.75) is 40.7 Å². The maximum absolute atomic E-state index is 11.9. The second kappa shape index (κ2) is 6.41. The summed E-state index contributed by atoms with van der Waals surface area (Å²) in [5.41, 5.74) is 3.75. The van der Waals surface area contributed by atoms with Crippen LogP contribution in [0.4, 0.5) is 10.5 Å². The third-order valence-electron chi connectivity index (χ3n) is 3.13. The minimum absolute atomic E-state index is 0.182. The number of amides is 2. The van der Waals surface area contributed by atoms with Gasteiger partial charge in [-0.1, -0.05) is 31.5 Å². The van der Waals surface area contributed by atoms with Gasteiger partial charge in [-0.2, -0.15) is 0 Å². The fraction of sp³-hybridized carbons (Fsp3) is 0.467. The van der Waals surface area contributed by atoms with Gasteiger partial charge in [0.1, 0.15) is 6.04 Å². The van der Waals surface area contributed by atoms with Crippen molar-refractivity contribution >= 4 is 17.7 Å². The van der Waals surface area contributed by atoms with E-state index in [1.165, 1.54) is 0 Å². The lowest BCUT2D eigenvalue weighted by Crippen LogP contribution is -2.46. The molecule has 5 nitrogen and oxygen atoms in total. The lowest BCUT2D eigenvalue weighted by molar-refractivity contribution is -0.140. The van der Waals surface area contributed by atoms with Crippen molar-refractivity contribution in [2.24, 2.45) is 5.92 Å². The fourth-order valence-corrected chi connectivity index (χ4v) is 2.18. The molecule has 0 bridgehead atoms. The molecule has 0 heterocycles. The molecule has 2 amide bonds. The molecule has 0 saturated heterocycles. The smallest absolute Gasteiger partial charge is 0.326 e. The Balaban J connectivity index is 2.84. The number of urea groups is 1. The molecule has 0 spiro atoms. The lowest BCUT2D eigenvalue weighted by atomic mass is 10.0. The molecule has 20 heavy (non-hydrogen) atoms. The van der Waals surface area contributed by atoms with Gasteiger partial charge in [0.25, 0.3) is 0 Å². The van der Waals surface area contributed by atoms with Crippen LogP contribution in [-0.4, -0.2) is 23.1 Å². The number of carbonyl (C=O) groups excluding carboxylic acids is 1. The molecule has 1 unspecified atom stereocenters. The maximum atomic E-state index is 11.9. The molecule has 5 heteroatoms. The number of hydrogen-bond acceptors (Lipinski definition) is 2. The van der Waals surface area contributed by atoms with Gasteiger partial charge in [-0.05, 0) is 37.8 Å². The van der Waals surface area contributed by atoms with Gasteiger partial charge in [-0.3, -0.25) is 0 Å². The van der Waals surface area contributed by atoms with Gasteiger partial charge < -0.3 is 15.7 Å². The van der Waals surface area contributed by atoms with Gasteiger partial charge in [0, 0.05) is 5.69 Å². The van der Waals surface area contributed by atoms with Gasteiger partial charge in [0.15, 0.2) is 0 Å². The lowest BCUT2D eigenvalue weighted by Gasteiger charge is -2.19. The molecule has 0 fully saturated rings. The highest BCUT2D eigenvalue weighted by atomic mass is 16.4. The quantitative estimate of drug-likeness (QED) is 0.792. The topological polar surface area (TPSA) is 78.4 Å². The number of nitrogens with one attached hydrogen (secondary N) is 2. The molecule has 1 aromatic rings. The van der Waals surface area contributed by atoms with Crippen molar-refractivity contribution in [1.29, 1.82) is 0 Å². The Kier molecular flexibility index (Phi) is 5.13. The van der Waals surface area contributed by atoms with Crippen LogP contribution in [0.15, 0.2) is 12.1 Å². The fourth-order valence-electron chi connectivity index (χ4n) is 2.18. The van der Waals surface area contributed by atoms with Gasteiger partial charge in [0.2, 0.25) is 0 Å². The van der Waals surface area contributed by atoms with Crippen molar-refractivity contribution in [1.82, 2.24) is 5.32 Å². The highest BCUT2D eigenvalue weighted by Gasteiger charge is 2.23. The van der Waals surface area contributed by atoms with Gasteiger partial charge in [-0.15, -0.1) is 0 Å². The summed E-state index contributed by atoms with van der Waals surface area (Å²) in [6, 6.07) is 2.54. The number of rotatable bonds is 4. The Morgan fingerprint density at radius 2 is 1.60 bits per heavy atom. The first-order chi connectivity index (χ1) is 9.22. The van der Waals surface area contributed by atoms with E-state index in [9.17, 15) is 9.59 Å². The van der Waals surface area contributed by atoms with Crippen LogP contribution in [0.3, 0.4) is 0 Å². The van der Waals surface area contributed by atoms with Crippen LogP contribution in [0, 0.1) is 26.7 Å². The van der Waals surface area contributed by atoms with Crippen molar-refractivity contribution in [3.05, 3.63) is 28.8 Å². The van der Waals surface area contributed by atoms with E-state index in [4.69, 9.17) is 5.11 Å². The zero-order valence-electron chi connectivity index (χ0n) is 12.6. The number of carboxylic acid groups (broad SMARTS) is 1. The second-order valence-electron chi connectivity index (χ2n) is 5.43. The Labute approximate surface area is 119 Å². The highest BCUT2D eigenvalue weighted by Crippen LogP contribution is 2.21. The van der Waals surface area contributed by atoms with E-state index in [1.807, 2.05) is 32.9 Å². The summed E-state index contributed by atoms with van der Waals surface area (Å²) in [6.45, 7) is 9.31. The third-order valence-corrected chi connectivity index (χ3v) is 3.13. The zero-order chi connectivity index (χ0) is 15.4. The van der Waals surface area contributed by atoms with E-state index < -0.39 is 18.0 Å². The molecular weight excluding hydrogens is 256 g/mol. The van der Waals surface area contributed by atoms with Crippen molar-refractivity contribution in [3.8, 4) is 0 Å². The maximum Gasteiger partial charge on any atom is 0.326 e. The SMILES string of the molecule is Cc1cc(C)c(NC(=O)NC(C(=O)O)C(C)C)c(C)c1. The number of carbonyl (C=O) groups is 2. The van der Waals surface area contributed by atoms with E-state index in [2.05, 4.69) is 10.6 Å². The molecule has 1 atom stereocenters. The van der Waals surface area contributed by atoms with Crippen LogP contribution >= 0.6 is 0 Å². The third kappa shape index (κ3) is 3.98. The summed E-state index contributed by atoms with van der Waals surface area (Å²) < 4.78 is 0. The van der Waals surface area contributed by atoms with Gasteiger partial charge in [0.05, 0.1) is 0 Å². The standard InChI is InChI=1S/C15H22N2O3/c1-8(2)12(14(18)19)16-15(20)17-13-10(4)6-9(3)7-11(13)5/h6-8,12H,1-5H3,(H,18,19)(H2,16,17,20). The molecule has 0 aliphatic rings. The molecule has 110 valence electrons. The Hall–Kier alpha value is -2.04. The van der Waals surface area contributed by atoms with E-state index in [-0.39, 0.29) is 5.92 Å². The van der Waals surface area contributed by atoms with E-state index in [1.54, 1.807) is 13.8 Å². The molecule has 1 aromatic carbocycles. The molecular formula is C15H22N2O3. The van der Waals surface area contributed by atoms with Gasteiger partial charge >= 0.3 is 12.0 Å². The Morgan fingerprint density at radius 1 is 1.10 bits per heavy atom. The highest BCUT2D eigenvalue weighted by molar-refractivity contribution is 5.93. The van der Waals surface area contributed by atoms with Crippen molar-refractivity contribution in [3.63, 3.8) is 0 Å².